The lowest BCUT2D eigenvalue weighted by atomic mass is 9.73. The molecule has 4 rings (SSSR count). The number of likely N-dealkylation sites (tertiary alicyclic amines) is 1. The quantitative estimate of drug-likeness (QED) is 0.746. The maximum absolute atomic E-state index is 13.0. The van der Waals surface area contributed by atoms with Gasteiger partial charge >= 0.3 is 5.97 Å². The Bertz CT molecular complexity index is 920. The molecule has 0 unspecified atom stereocenters. The number of fused-ring (bicyclic) bond motifs is 1. The van der Waals surface area contributed by atoms with Crippen molar-refractivity contribution in [3.63, 3.8) is 0 Å². The van der Waals surface area contributed by atoms with Crippen LogP contribution in [-0.2, 0) is 22.6 Å². The van der Waals surface area contributed by atoms with Crippen LogP contribution in [0.4, 0.5) is 0 Å². The summed E-state index contributed by atoms with van der Waals surface area (Å²) in [6.07, 6.45) is 2.99. The maximum Gasteiger partial charge on any atom is 0.314 e. The summed E-state index contributed by atoms with van der Waals surface area (Å²) < 4.78 is 2.08. The molecular formula is C22H29N3O4. The lowest BCUT2D eigenvalue weighted by molar-refractivity contribution is -0.167. The number of carbonyl (C=O) groups excluding carboxylic acids is 1. The van der Waals surface area contributed by atoms with E-state index in [0.29, 0.717) is 38.3 Å². The van der Waals surface area contributed by atoms with Gasteiger partial charge in [0.1, 0.15) is 11.2 Å². The van der Waals surface area contributed by atoms with Crippen molar-refractivity contribution in [3.8, 4) is 0 Å². The standard InChI is InChI=1S/C22H29N3O4/c1-2-19-23-16-5-3-4-6-17(16)25(19)12-10-20(27)24-11-9-18(26)22(14-24,21(28)29)13-15-7-8-15/h3-6,15,18,26H,2,7-14H2,1H3,(H,28,29)/t18-,22+/m1/s1. The monoisotopic (exact) mass is 399 g/mol. The van der Waals surface area contributed by atoms with E-state index in [0.717, 1.165) is 36.1 Å². The Hall–Kier alpha value is -2.41. The molecule has 2 fully saturated rings. The molecule has 156 valence electrons. The second-order valence-corrected chi connectivity index (χ2v) is 8.50. The van der Waals surface area contributed by atoms with Crippen LogP contribution in [0, 0.1) is 11.3 Å². The van der Waals surface area contributed by atoms with Gasteiger partial charge in [-0.3, -0.25) is 9.59 Å². The fourth-order valence-corrected chi connectivity index (χ4v) is 4.64. The highest BCUT2D eigenvalue weighted by Gasteiger charge is 2.52. The van der Waals surface area contributed by atoms with Gasteiger partial charge in [0.05, 0.1) is 17.1 Å². The summed E-state index contributed by atoms with van der Waals surface area (Å²) in [7, 11) is 0. The Balaban J connectivity index is 1.48. The molecule has 7 heteroatoms. The second kappa shape index (κ2) is 7.78. The van der Waals surface area contributed by atoms with E-state index in [-0.39, 0.29) is 12.5 Å². The Morgan fingerprint density at radius 3 is 2.69 bits per heavy atom. The van der Waals surface area contributed by atoms with E-state index in [1.54, 1.807) is 4.90 Å². The number of hydrogen-bond donors (Lipinski definition) is 2. The lowest BCUT2D eigenvalue weighted by Gasteiger charge is -2.43. The minimum Gasteiger partial charge on any atom is -0.481 e. The number of imidazole rings is 1. The van der Waals surface area contributed by atoms with Gasteiger partial charge in [0.2, 0.25) is 5.91 Å². The van der Waals surface area contributed by atoms with Crippen molar-refractivity contribution in [2.24, 2.45) is 11.3 Å². The average molecular weight is 399 g/mol. The van der Waals surface area contributed by atoms with Crippen molar-refractivity contribution in [3.05, 3.63) is 30.1 Å². The summed E-state index contributed by atoms with van der Waals surface area (Å²) in [5.41, 5.74) is 0.706. The maximum atomic E-state index is 13.0. The summed E-state index contributed by atoms with van der Waals surface area (Å²) in [4.78, 5) is 31.3. The predicted molar refractivity (Wildman–Crippen MR) is 108 cm³/mol. The van der Waals surface area contributed by atoms with Crippen molar-refractivity contribution in [2.75, 3.05) is 13.1 Å². The molecule has 2 atom stereocenters. The van der Waals surface area contributed by atoms with E-state index in [1.165, 1.54) is 0 Å². The Kier molecular flexibility index (Phi) is 5.34. The SMILES string of the molecule is CCc1nc2ccccc2n1CCC(=O)N1CC[C@@H](O)[C@@](CC2CC2)(C(=O)O)C1. The first-order valence-electron chi connectivity index (χ1n) is 10.6. The van der Waals surface area contributed by atoms with Gasteiger partial charge in [-0.15, -0.1) is 0 Å². The third-order valence-electron chi connectivity index (χ3n) is 6.51. The van der Waals surface area contributed by atoms with E-state index in [9.17, 15) is 19.8 Å². The molecule has 1 amide bonds. The van der Waals surface area contributed by atoms with Crippen molar-refractivity contribution >= 4 is 22.9 Å². The molecular weight excluding hydrogens is 370 g/mol. The highest BCUT2D eigenvalue weighted by molar-refractivity contribution is 5.81. The smallest absolute Gasteiger partial charge is 0.314 e. The van der Waals surface area contributed by atoms with Crippen LogP contribution >= 0.6 is 0 Å². The van der Waals surface area contributed by atoms with Gasteiger partial charge in [0.15, 0.2) is 0 Å². The lowest BCUT2D eigenvalue weighted by Crippen LogP contribution is -2.57. The molecule has 2 aliphatic rings. The summed E-state index contributed by atoms with van der Waals surface area (Å²) in [5.74, 6) is 0.267. The van der Waals surface area contributed by atoms with Crippen LogP contribution in [0.25, 0.3) is 11.0 Å². The molecule has 29 heavy (non-hydrogen) atoms. The van der Waals surface area contributed by atoms with Gasteiger partial charge in [-0.25, -0.2) is 4.98 Å². The first-order chi connectivity index (χ1) is 13.9. The number of hydrogen-bond acceptors (Lipinski definition) is 4. The van der Waals surface area contributed by atoms with E-state index >= 15 is 0 Å². The molecule has 1 aromatic carbocycles. The molecule has 0 spiro atoms. The molecule has 1 aliphatic heterocycles. The number of carbonyl (C=O) groups is 2. The topological polar surface area (TPSA) is 95.7 Å². The number of aromatic nitrogens is 2. The van der Waals surface area contributed by atoms with Crippen LogP contribution in [-0.4, -0.2) is 55.7 Å². The summed E-state index contributed by atoms with van der Waals surface area (Å²) >= 11 is 0. The Morgan fingerprint density at radius 2 is 2.00 bits per heavy atom. The summed E-state index contributed by atoms with van der Waals surface area (Å²) in [6.45, 7) is 3.07. The number of benzene rings is 1. The molecule has 2 heterocycles. The zero-order valence-electron chi connectivity index (χ0n) is 16.9. The largest absolute Gasteiger partial charge is 0.481 e. The molecule has 1 saturated heterocycles. The minimum atomic E-state index is -1.23. The van der Waals surface area contributed by atoms with Crippen molar-refractivity contribution in [1.82, 2.24) is 14.5 Å². The molecule has 1 aromatic heterocycles. The van der Waals surface area contributed by atoms with Crippen LogP contribution in [0.2, 0.25) is 0 Å². The zero-order valence-corrected chi connectivity index (χ0v) is 16.9. The van der Waals surface area contributed by atoms with Gasteiger partial charge < -0.3 is 19.7 Å². The molecule has 2 aromatic rings. The number of amides is 1. The van der Waals surface area contributed by atoms with E-state index in [4.69, 9.17) is 0 Å². The van der Waals surface area contributed by atoms with E-state index < -0.39 is 17.5 Å². The first-order valence-corrected chi connectivity index (χ1v) is 10.6. The number of aryl methyl sites for hydroxylation is 2. The predicted octanol–water partition coefficient (Wildman–Crippen LogP) is 2.45. The first kappa shape index (κ1) is 19.9. The highest BCUT2D eigenvalue weighted by Crippen LogP contribution is 2.45. The fraction of sp³-hybridized carbons (Fsp3) is 0.591. The van der Waals surface area contributed by atoms with Gasteiger partial charge in [-0.2, -0.15) is 0 Å². The number of carboxylic acids is 1. The summed E-state index contributed by atoms with van der Waals surface area (Å²) in [5, 5.41) is 20.4. The number of piperidine rings is 1. The second-order valence-electron chi connectivity index (χ2n) is 8.50. The zero-order chi connectivity index (χ0) is 20.6. The minimum absolute atomic E-state index is 0.0573. The van der Waals surface area contributed by atoms with Gasteiger partial charge in [0.25, 0.3) is 0 Å². The molecule has 1 saturated carbocycles. The van der Waals surface area contributed by atoms with Crippen LogP contribution in [0.5, 0.6) is 0 Å². The van der Waals surface area contributed by atoms with Crippen LogP contribution in [0.15, 0.2) is 24.3 Å². The number of aliphatic hydroxyl groups excluding tert-OH is 1. The fourth-order valence-electron chi connectivity index (χ4n) is 4.64. The third kappa shape index (κ3) is 3.75. The molecule has 0 bridgehead atoms. The van der Waals surface area contributed by atoms with E-state index in [2.05, 4.69) is 9.55 Å². The number of rotatable bonds is 7. The average Bonchev–Trinajstić information content (AvgIpc) is 3.45. The number of nitrogens with zero attached hydrogens (tertiary/aromatic N) is 3. The Labute approximate surface area is 170 Å². The van der Waals surface area contributed by atoms with Gasteiger partial charge in [-0.1, -0.05) is 31.9 Å². The number of para-hydroxylation sites is 2. The van der Waals surface area contributed by atoms with Crippen LogP contribution in [0.3, 0.4) is 0 Å². The van der Waals surface area contributed by atoms with Crippen LogP contribution in [0.1, 0.15) is 44.9 Å². The number of aliphatic hydroxyl groups is 1. The van der Waals surface area contributed by atoms with Crippen molar-refractivity contribution < 1.29 is 19.8 Å². The van der Waals surface area contributed by atoms with Crippen molar-refractivity contribution in [2.45, 2.75) is 58.1 Å². The summed E-state index contributed by atoms with van der Waals surface area (Å²) in [6, 6.07) is 7.90. The normalized spacial score (nSPS) is 24.8. The van der Waals surface area contributed by atoms with Gasteiger partial charge in [0, 0.05) is 32.5 Å². The molecule has 1 aliphatic carbocycles. The van der Waals surface area contributed by atoms with Crippen molar-refractivity contribution in [1.29, 1.82) is 0 Å². The van der Waals surface area contributed by atoms with Gasteiger partial charge in [-0.05, 0) is 30.9 Å². The third-order valence-corrected chi connectivity index (χ3v) is 6.51. The van der Waals surface area contributed by atoms with E-state index in [1.807, 2.05) is 31.2 Å². The molecule has 2 N–H and O–H groups in total. The highest BCUT2D eigenvalue weighted by atomic mass is 16.4. The number of aliphatic carboxylic acids is 1. The molecule has 7 nitrogen and oxygen atoms in total. The number of carboxylic acid groups (broad SMARTS) is 1. The Morgan fingerprint density at radius 1 is 1.24 bits per heavy atom. The molecule has 0 radical (unpaired) electrons. The van der Waals surface area contributed by atoms with Crippen LogP contribution < -0.4 is 0 Å².